The first kappa shape index (κ1) is 16.0. The highest BCUT2D eigenvalue weighted by Gasteiger charge is 2.25. The highest BCUT2D eigenvalue weighted by atomic mass is 19.4. The summed E-state index contributed by atoms with van der Waals surface area (Å²) < 4.78 is 35.3. The molecule has 0 heterocycles. The van der Waals surface area contributed by atoms with E-state index in [9.17, 15) is 18.0 Å². The first-order valence-corrected chi connectivity index (χ1v) is 5.85. The molecule has 0 atom stereocenters. The number of rotatable bonds is 9. The van der Waals surface area contributed by atoms with E-state index in [1.54, 1.807) is 12.2 Å². The van der Waals surface area contributed by atoms with E-state index in [2.05, 4.69) is 0 Å². The molecule has 0 aliphatic carbocycles. The van der Waals surface area contributed by atoms with Crippen LogP contribution in [-0.4, -0.2) is 17.3 Å². The molecule has 0 unspecified atom stereocenters. The summed E-state index contributed by atoms with van der Waals surface area (Å²) in [5.74, 6) is -0.781. The van der Waals surface area contributed by atoms with Gasteiger partial charge in [0.1, 0.15) is 0 Å². The van der Waals surface area contributed by atoms with E-state index >= 15 is 0 Å². The maximum Gasteiger partial charge on any atom is 0.389 e. The van der Waals surface area contributed by atoms with Crippen LogP contribution in [-0.2, 0) is 4.79 Å². The Bertz CT molecular complexity index is 234. The monoisotopic (exact) mass is 252 g/mol. The molecule has 0 aromatic carbocycles. The van der Waals surface area contributed by atoms with E-state index in [4.69, 9.17) is 5.11 Å². The van der Waals surface area contributed by atoms with E-state index in [0.29, 0.717) is 6.42 Å². The number of carboxylic acids is 1. The third-order valence-corrected chi connectivity index (χ3v) is 2.27. The summed E-state index contributed by atoms with van der Waals surface area (Å²) in [5, 5.41) is 8.38. The fourth-order valence-electron chi connectivity index (χ4n) is 1.37. The van der Waals surface area contributed by atoms with Gasteiger partial charge in [-0.25, -0.2) is 0 Å². The van der Waals surface area contributed by atoms with Gasteiger partial charge in [-0.15, -0.1) is 0 Å². The van der Waals surface area contributed by atoms with Gasteiger partial charge in [-0.1, -0.05) is 25.0 Å². The Balaban J connectivity index is 3.22. The van der Waals surface area contributed by atoms with Crippen LogP contribution in [0.15, 0.2) is 12.2 Å². The van der Waals surface area contributed by atoms with Crippen LogP contribution in [0.2, 0.25) is 0 Å². The molecule has 2 nitrogen and oxygen atoms in total. The van der Waals surface area contributed by atoms with Gasteiger partial charge in [-0.2, -0.15) is 13.2 Å². The van der Waals surface area contributed by atoms with E-state index in [0.717, 1.165) is 25.7 Å². The minimum Gasteiger partial charge on any atom is -0.481 e. The Kier molecular flexibility index (Phi) is 8.54. The van der Waals surface area contributed by atoms with Crippen LogP contribution >= 0.6 is 0 Å². The molecule has 17 heavy (non-hydrogen) atoms. The van der Waals surface area contributed by atoms with E-state index in [1.807, 2.05) is 0 Å². The lowest BCUT2D eigenvalue weighted by Gasteiger charge is -2.02. The molecule has 0 aliphatic rings. The largest absolute Gasteiger partial charge is 0.481 e. The van der Waals surface area contributed by atoms with Crippen LogP contribution in [0.4, 0.5) is 13.2 Å². The van der Waals surface area contributed by atoms with Gasteiger partial charge in [0.2, 0.25) is 0 Å². The third-order valence-electron chi connectivity index (χ3n) is 2.27. The Morgan fingerprint density at radius 3 is 2.18 bits per heavy atom. The number of alkyl halides is 3. The first-order chi connectivity index (χ1) is 7.92. The van der Waals surface area contributed by atoms with E-state index < -0.39 is 18.6 Å². The van der Waals surface area contributed by atoms with E-state index in [-0.39, 0.29) is 12.8 Å². The number of allylic oxidation sites excluding steroid dienone is 2. The second kappa shape index (κ2) is 9.07. The van der Waals surface area contributed by atoms with Crippen LogP contribution in [0.25, 0.3) is 0 Å². The van der Waals surface area contributed by atoms with Crippen molar-refractivity contribution in [1.29, 1.82) is 0 Å². The molecule has 0 aromatic heterocycles. The Labute approximate surface area is 99.5 Å². The van der Waals surface area contributed by atoms with Crippen molar-refractivity contribution < 1.29 is 23.1 Å². The summed E-state index contributed by atoms with van der Waals surface area (Å²) in [5.41, 5.74) is 0. The average Bonchev–Trinajstić information content (AvgIpc) is 2.18. The molecule has 5 heteroatoms. The van der Waals surface area contributed by atoms with Crippen molar-refractivity contribution in [2.45, 2.75) is 57.5 Å². The topological polar surface area (TPSA) is 37.3 Å². The maximum atomic E-state index is 11.8. The lowest BCUT2D eigenvalue weighted by Crippen LogP contribution is -2.05. The fourth-order valence-corrected chi connectivity index (χ4v) is 1.37. The quantitative estimate of drug-likeness (QED) is 0.490. The molecule has 0 bridgehead atoms. The molecule has 100 valence electrons. The zero-order valence-corrected chi connectivity index (χ0v) is 9.80. The lowest BCUT2D eigenvalue weighted by molar-refractivity contribution is -0.137. The van der Waals surface area contributed by atoms with Crippen LogP contribution in [0.5, 0.6) is 0 Å². The van der Waals surface area contributed by atoms with Gasteiger partial charge in [-0.3, -0.25) is 4.79 Å². The molecule has 0 fully saturated rings. The normalized spacial score (nSPS) is 12.2. The van der Waals surface area contributed by atoms with Gasteiger partial charge >= 0.3 is 12.1 Å². The molecule has 0 rings (SSSR count). The lowest BCUT2D eigenvalue weighted by atomic mass is 10.1. The Morgan fingerprint density at radius 1 is 1.00 bits per heavy atom. The smallest absolute Gasteiger partial charge is 0.389 e. The van der Waals surface area contributed by atoms with Crippen molar-refractivity contribution in [3.05, 3.63) is 12.2 Å². The molecule has 0 aliphatic heterocycles. The van der Waals surface area contributed by atoms with Crippen molar-refractivity contribution >= 4 is 5.97 Å². The SMILES string of the molecule is O=C(O)CCCCCCC=CCCC(F)(F)F. The van der Waals surface area contributed by atoms with Gasteiger partial charge in [0, 0.05) is 12.8 Å². The van der Waals surface area contributed by atoms with Gasteiger partial charge in [0.05, 0.1) is 0 Å². The van der Waals surface area contributed by atoms with Crippen LogP contribution in [0.3, 0.4) is 0 Å². The number of hydrogen-bond donors (Lipinski definition) is 1. The van der Waals surface area contributed by atoms with Crippen molar-refractivity contribution in [3.63, 3.8) is 0 Å². The zero-order valence-electron chi connectivity index (χ0n) is 9.80. The predicted molar refractivity (Wildman–Crippen MR) is 59.8 cm³/mol. The third kappa shape index (κ3) is 15.0. The van der Waals surface area contributed by atoms with Gasteiger partial charge in [-0.05, 0) is 25.7 Å². The minimum atomic E-state index is -4.07. The number of unbranched alkanes of at least 4 members (excludes halogenated alkanes) is 4. The minimum absolute atomic E-state index is 0.0442. The average molecular weight is 252 g/mol. The highest BCUT2D eigenvalue weighted by molar-refractivity contribution is 5.66. The molecular weight excluding hydrogens is 233 g/mol. The summed E-state index contributed by atoms with van der Waals surface area (Å²) in [7, 11) is 0. The van der Waals surface area contributed by atoms with Crippen molar-refractivity contribution in [2.75, 3.05) is 0 Å². The van der Waals surface area contributed by atoms with Crippen molar-refractivity contribution in [1.82, 2.24) is 0 Å². The summed E-state index contributed by atoms with van der Waals surface area (Å²) in [6.45, 7) is 0. The molecule has 0 spiro atoms. The van der Waals surface area contributed by atoms with Crippen molar-refractivity contribution in [3.8, 4) is 0 Å². The summed E-state index contributed by atoms with van der Waals surface area (Å²) in [6.07, 6.45) is 2.88. The maximum absolute atomic E-state index is 11.8. The van der Waals surface area contributed by atoms with Gasteiger partial charge in [0.15, 0.2) is 0 Å². The molecule has 0 saturated heterocycles. The molecule has 0 radical (unpaired) electrons. The molecular formula is C12H19F3O2. The zero-order chi connectivity index (χ0) is 13.1. The van der Waals surface area contributed by atoms with Gasteiger partial charge in [0.25, 0.3) is 0 Å². The van der Waals surface area contributed by atoms with E-state index in [1.165, 1.54) is 0 Å². The predicted octanol–water partition coefficient (Wildman–Crippen LogP) is 4.31. The number of aliphatic carboxylic acids is 1. The number of carbonyl (C=O) groups is 1. The fraction of sp³-hybridized carbons (Fsp3) is 0.750. The molecule has 0 amide bonds. The van der Waals surface area contributed by atoms with Crippen LogP contribution in [0, 0.1) is 0 Å². The summed E-state index contributed by atoms with van der Waals surface area (Å²) >= 11 is 0. The van der Waals surface area contributed by atoms with Crippen LogP contribution in [0.1, 0.15) is 51.4 Å². The Morgan fingerprint density at radius 2 is 1.59 bits per heavy atom. The second-order valence-electron chi connectivity index (χ2n) is 3.97. The number of halogens is 3. The second-order valence-corrected chi connectivity index (χ2v) is 3.97. The number of hydrogen-bond acceptors (Lipinski definition) is 1. The van der Waals surface area contributed by atoms with Crippen molar-refractivity contribution in [2.24, 2.45) is 0 Å². The summed E-state index contributed by atoms with van der Waals surface area (Å²) in [4.78, 5) is 10.2. The van der Waals surface area contributed by atoms with Gasteiger partial charge < -0.3 is 5.11 Å². The molecule has 0 saturated carbocycles. The van der Waals surface area contributed by atoms with Crippen LogP contribution < -0.4 is 0 Å². The molecule has 0 aromatic rings. The standard InChI is InChI=1S/C12H19F3O2/c13-12(14,15)10-8-6-4-2-1-3-5-7-9-11(16)17/h4,6H,1-3,5,7-10H2,(H,16,17). The highest BCUT2D eigenvalue weighted by Crippen LogP contribution is 2.21. The summed E-state index contributed by atoms with van der Waals surface area (Å²) in [6, 6.07) is 0. The molecule has 1 N–H and O–H groups in total. The first-order valence-electron chi connectivity index (χ1n) is 5.85. The Hall–Kier alpha value is -1.00. The number of carboxylic acid groups (broad SMARTS) is 1.